The fourth-order valence-electron chi connectivity index (χ4n) is 1.33. The molecule has 1 aromatic rings. The number of sulfonamides is 1. The lowest BCUT2D eigenvalue weighted by molar-refractivity contribution is 0.587. The van der Waals surface area contributed by atoms with E-state index in [9.17, 15) is 8.42 Å². The molecule has 98 valence electrons. The van der Waals surface area contributed by atoms with Gasteiger partial charge in [0.15, 0.2) is 0 Å². The molecule has 0 saturated heterocycles. The maximum atomic E-state index is 11.8. The van der Waals surface area contributed by atoms with Crippen molar-refractivity contribution in [1.29, 1.82) is 10.5 Å². The largest absolute Gasteiger partial charge is 0.360 e. The summed E-state index contributed by atoms with van der Waals surface area (Å²) in [6.45, 7) is 1.68. The van der Waals surface area contributed by atoms with Crippen LogP contribution in [0, 0.1) is 29.6 Å². The maximum Gasteiger partial charge on any atom is 0.240 e. The van der Waals surface area contributed by atoms with Crippen LogP contribution in [-0.2, 0) is 10.0 Å². The minimum absolute atomic E-state index is 0.0985. The molecular weight excluding hydrogens is 264 g/mol. The summed E-state index contributed by atoms with van der Waals surface area (Å²) in [6.07, 6.45) is 1.22. The third-order valence-electron chi connectivity index (χ3n) is 2.37. The van der Waals surface area contributed by atoms with Gasteiger partial charge in [-0.3, -0.25) is 0 Å². The van der Waals surface area contributed by atoms with E-state index in [0.29, 0.717) is 11.3 Å². The first-order valence-electron chi connectivity index (χ1n) is 5.25. The Morgan fingerprint density at radius 2 is 1.95 bits per heavy atom. The van der Waals surface area contributed by atoms with Crippen LogP contribution in [0.5, 0.6) is 0 Å². The Morgan fingerprint density at radius 3 is 2.47 bits per heavy atom. The van der Waals surface area contributed by atoms with Gasteiger partial charge in [-0.15, -0.1) is 0 Å². The quantitative estimate of drug-likeness (QED) is 0.805. The van der Waals surface area contributed by atoms with Crippen LogP contribution in [0.2, 0.25) is 0 Å². The Labute approximate surface area is 112 Å². The second-order valence-electron chi connectivity index (χ2n) is 3.61. The number of nitriles is 2. The molecule has 19 heavy (non-hydrogen) atoms. The lowest BCUT2D eigenvalue weighted by Crippen LogP contribution is -2.19. The molecule has 0 aliphatic rings. The molecule has 1 rings (SSSR count). The van der Waals surface area contributed by atoms with E-state index in [-0.39, 0.29) is 10.5 Å². The van der Waals surface area contributed by atoms with Crippen LogP contribution in [0.1, 0.15) is 5.56 Å². The van der Waals surface area contributed by atoms with Crippen molar-refractivity contribution in [2.75, 3.05) is 12.4 Å². The first kappa shape index (κ1) is 14.7. The number of nitrogens with zero attached hydrogens (tertiary/aromatic N) is 2. The number of hydrogen-bond acceptors (Lipinski definition) is 5. The number of aryl methyl sites for hydroxylation is 1. The van der Waals surface area contributed by atoms with Gasteiger partial charge < -0.3 is 5.32 Å². The highest BCUT2D eigenvalue weighted by Crippen LogP contribution is 2.20. The summed E-state index contributed by atoms with van der Waals surface area (Å²) in [5.41, 5.74) is 0.977. The minimum atomic E-state index is -3.54. The molecule has 0 saturated carbocycles. The summed E-state index contributed by atoms with van der Waals surface area (Å²) in [5.74, 6) is 0. The summed E-state index contributed by atoms with van der Waals surface area (Å²) >= 11 is 0. The topological polar surface area (TPSA) is 106 Å². The molecule has 0 fully saturated rings. The van der Waals surface area contributed by atoms with Crippen LogP contribution < -0.4 is 10.0 Å². The fourth-order valence-corrected chi connectivity index (χ4v) is 2.33. The van der Waals surface area contributed by atoms with E-state index in [1.807, 2.05) is 0 Å². The first-order chi connectivity index (χ1) is 8.94. The predicted molar refractivity (Wildman–Crippen MR) is 70.4 cm³/mol. The van der Waals surface area contributed by atoms with Gasteiger partial charge in [0.25, 0.3) is 0 Å². The molecule has 0 aliphatic carbocycles. The third kappa shape index (κ3) is 3.55. The van der Waals surface area contributed by atoms with Crippen LogP contribution >= 0.6 is 0 Å². The molecule has 0 unspecified atom stereocenters. The molecule has 0 radical (unpaired) electrons. The highest BCUT2D eigenvalue weighted by atomic mass is 32.2. The van der Waals surface area contributed by atoms with Gasteiger partial charge in [0.05, 0.1) is 4.90 Å². The molecular formula is C12H12N4O2S. The van der Waals surface area contributed by atoms with Gasteiger partial charge in [-0.2, -0.15) is 10.5 Å². The van der Waals surface area contributed by atoms with Gasteiger partial charge in [-0.25, -0.2) is 13.1 Å². The summed E-state index contributed by atoms with van der Waals surface area (Å²) in [4.78, 5) is 0.142. The van der Waals surface area contributed by atoms with Crippen molar-refractivity contribution in [3.63, 3.8) is 0 Å². The van der Waals surface area contributed by atoms with E-state index < -0.39 is 10.0 Å². The predicted octanol–water partition coefficient (Wildman–Crippen LogP) is 1.25. The first-order valence-corrected chi connectivity index (χ1v) is 6.74. The molecule has 0 bridgehead atoms. The molecule has 0 aromatic heterocycles. The molecule has 0 amide bonds. The van der Waals surface area contributed by atoms with Crippen molar-refractivity contribution in [2.24, 2.45) is 0 Å². The SMILES string of the molecule is CNS(=O)(=O)c1cc(NC=C(C#N)C#N)ccc1C. The fraction of sp³-hybridized carbons (Fsp3) is 0.167. The summed E-state index contributed by atoms with van der Waals surface area (Å²) < 4.78 is 25.8. The van der Waals surface area contributed by atoms with Crippen molar-refractivity contribution >= 4 is 15.7 Å². The molecule has 0 aliphatic heterocycles. The van der Waals surface area contributed by atoms with Gasteiger partial charge in [0.1, 0.15) is 17.7 Å². The summed E-state index contributed by atoms with van der Waals surface area (Å²) in [7, 11) is -2.21. The van der Waals surface area contributed by atoms with Gasteiger partial charge in [0.2, 0.25) is 10.0 Å². The number of rotatable bonds is 4. The van der Waals surface area contributed by atoms with Crippen molar-refractivity contribution in [3.05, 3.63) is 35.5 Å². The second-order valence-corrected chi connectivity index (χ2v) is 5.47. The van der Waals surface area contributed by atoms with Crippen LogP contribution in [0.4, 0.5) is 5.69 Å². The van der Waals surface area contributed by atoms with Gasteiger partial charge in [0, 0.05) is 11.9 Å². The second kappa shape index (κ2) is 6.01. The summed E-state index contributed by atoms with van der Waals surface area (Å²) in [6, 6.07) is 8.12. The number of anilines is 1. The Balaban J connectivity index is 3.16. The van der Waals surface area contributed by atoms with Crippen LogP contribution in [0.3, 0.4) is 0 Å². The van der Waals surface area contributed by atoms with Gasteiger partial charge in [-0.05, 0) is 31.7 Å². The monoisotopic (exact) mass is 276 g/mol. The van der Waals surface area contributed by atoms with Crippen molar-refractivity contribution in [1.82, 2.24) is 4.72 Å². The molecule has 1 aromatic carbocycles. The van der Waals surface area contributed by atoms with Crippen molar-refractivity contribution in [2.45, 2.75) is 11.8 Å². The van der Waals surface area contributed by atoms with Crippen LogP contribution in [0.25, 0.3) is 0 Å². The highest BCUT2D eigenvalue weighted by Gasteiger charge is 2.14. The van der Waals surface area contributed by atoms with E-state index in [0.717, 1.165) is 0 Å². The van der Waals surface area contributed by atoms with Gasteiger partial charge >= 0.3 is 0 Å². The van der Waals surface area contributed by atoms with Gasteiger partial charge in [-0.1, -0.05) is 6.07 Å². The van der Waals surface area contributed by atoms with Crippen molar-refractivity contribution in [3.8, 4) is 12.1 Å². The number of nitrogens with one attached hydrogen (secondary N) is 2. The Bertz CT molecular complexity index is 677. The van der Waals surface area contributed by atoms with E-state index >= 15 is 0 Å². The number of benzene rings is 1. The highest BCUT2D eigenvalue weighted by molar-refractivity contribution is 7.89. The van der Waals surface area contributed by atoms with Crippen LogP contribution in [0.15, 0.2) is 34.9 Å². The molecule has 7 heteroatoms. The zero-order chi connectivity index (χ0) is 14.5. The maximum absolute atomic E-state index is 11.8. The Hall–Kier alpha value is -2.35. The Kier molecular flexibility index (Phi) is 4.65. The number of hydrogen-bond donors (Lipinski definition) is 2. The average Bonchev–Trinajstić information content (AvgIpc) is 2.41. The Morgan fingerprint density at radius 1 is 1.32 bits per heavy atom. The lowest BCUT2D eigenvalue weighted by atomic mass is 10.2. The zero-order valence-corrected chi connectivity index (χ0v) is 11.2. The standard InChI is InChI=1S/C12H12N4O2S/c1-9-3-4-11(16-8-10(6-13)7-14)5-12(9)19(17,18)15-2/h3-5,8,15-16H,1-2H3. The van der Waals surface area contributed by atoms with Crippen LogP contribution in [-0.4, -0.2) is 15.5 Å². The smallest absolute Gasteiger partial charge is 0.240 e. The van der Waals surface area contributed by atoms with E-state index in [1.165, 1.54) is 19.3 Å². The zero-order valence-electron chi connectivity index (χ0n) is 10.4. The molecule has 0 atom stereocenters. The van der Waals surface area contributed by atoms with E-state index in [1.54, 1.807) is 31.2 Å². The number of allylic oxidation sites excluding steroid dienone is 1. The third-order valence-corrected chi connectivity index (χ3v) is 3.93. The molecule has 0 spiro atoms. The summed E-state index contributed by atoms with van der Waals surface area (Å²) in [5, 5.41) is 19.9. The molecule has 2 N–H and O–H groups in total. The van der Waals surface area contributed by atoms with Crippen molar-refractivity contribution < 1.29 is 8.42 Å². The van der Waals surface area contributed by atoms with E-state index in [4.69, 9.17) is 10.5 Å². The minimum Gasteiger partial charge on any atom is -0.360 e. The normalized spacial score (nSPS) is 10.1. The molecule has 0 heterocycles. The lowest BCUT2D eigenvalue weighted by Gasteiger charge is -2.09. The average molecular weight is 276 g/mol. The van der Waals surface area contributed by atoms with E-state index in [2.05, 4.69) is 10.0 Å². The molecule has 6 nitrogen and oxygen atoms in total.